The Kier molecular flexibility index (Phi) is 7.00. The molecule has 0 spiro atoms. The molecular formula is C24H26N4O4S. The van der Waals surface area contributed by atoms with Crippen LogP contribution in [0.25, 0.3) is 10.9 Å². The molecule has 3 aromatic rings. The number of rotatable bonds is 7. The van der Waals surface area contributed by atoms with E-state index in [9.17, 15) is 14.4 Å². The van der Waals surface area contributed by atoms with Crippen LogP contribution in [0.4, 0.5) is 5.69 Å². The lowest BCUT2D eigenvalue weighted by Crippen LogP contribution is -2.27. The number of carbonyl (C=O) groups is 2. The van der Waals surface area contributed by atoms with Gasteiger partial charge in [0, 0.05) is 50.2 Å². The average Bonchev–Trinajstić information content (AvgIpc) is 3.36. The molecule has 0 saturated carbocycles. The molecule has 9 heteroatoms. The van der Waals surface area contributed by atoms with Gasteiger partial charge in [0.2, 0.25) is 0 Å². The van der Waals surface area contributed by atoms with Gasteiger partial charge in [0.15, 0.2) is 4.77 Å². The van der Waals surface area contributed by atoms with Crippen LogP contribution in [-0.4, -0.2) is 53.1 Å². The maximum absolute atomic E-state index is 12.8. The minimum Gasteiger partial charge on any atom is -0.385 e. The van der Waals surface area contributed by atoms with Crippen molar-refractivity contribution in [1.29, 1.82) is 0 Å². The molecule has 1 aromatic heterocycles. The SMILES string of the molecule is COCCCn1c(=S)[nH]c2cc(C(=O)Nc3ccc(C(=O)N4CCCC4)cc3)ccc2c1=O. The van der Waals surface area contributed by atoms with Crippen molar-refractivity contribution in [3.63, 3.8) is 0 Å². The summed E-state index contributed by atoms with van der Waals surface area (Å²) in [6.45, 7) is 2.57. The molecule has 0 atom stereocenters. The number of ether oxygens (including phenoxy) is 1. The highest BCUT2D eigenvalue weighted by atomic mass is 32.1. The molecule has 1 fully saturated rings. The fourth-order valence-corrected chi connectivity index (χ4v) is 4.25. The van der Waals surface area contributed by atoms with Gasteiger partial charge in [-0.15, -0.1) is 0 Å². The summed E-state index contributed by atoms with van der Waals surface area (Å²) in [5.41, 5.74) is 1.89. The van der Waals surface area contributed by atoms with Crippen LogP contribution in [0.15, 0.2) is 47.3 Å². The normalized spacial score (nSPS) is 13.4. The minimum absolute atomic E-state index is 0.0167. The van der Waals surface area contributed by atoms with Crippen LogP contribution in [0.5, 0.6) is 0 Å². The molecule has 8 nitrogen and oxygen atoms in total. The lowest BCUT2D eigenvalue weighted by molar-refractivity contribution is 0.0792. The molecule has 0 unspecified atom stereocenters. The van der Waals surface area contributed by atoms with E-state index in [1.807, 2.05) is 4.90 Å². The van der Waals surface area contributed by atoms with Crippen LogP contribution in [0, 0.1) is 4.77 Å². The van der Waals surface area contributed by atoms with E-state index in [0.717, 1.165) is 25.9 Å². The highest BCUT2D eigenvalue weighted by Crippen LogP contribution is 2.17. The fourth-order valence-electron chi connectivity index (χ4n) is 3.97. The molecule has 0 radical (unpaired) electrons. The number of nitrogens with zero attached hydrogens (tertiary/aromatic N) is 2. The van der Waals surface area contributed by atoms with Crippen molar-refractivity contribution in [2.75, 3.05) is 32.1 Å². The molecule has 4 rings (SSSR count). The molecule has 0 aliphatic carbocycles. The monoisotopic (exact) mass is 466 g/mol. The summed E-state index contributed by atoms with van der Waals surface area (Å²) in [7, 11) is 1.61. The zero-order valence-corrected chi connectivity index (χ0v) is 19.2. The highest BCUT2D eigenvalue weighted by molar-refractivity contribution is 7.71. The number of benzene rings is 2. The first kappa shape index (κ1) is 22.9. The molecule has 0 bridgehead atoms. The molecule has 33 heavy (non-hydrogen) atoms. The van der Waals surface area contributed by atoms with Crippen LogP contribution in [-0.2, 0) is 11.3 Å². The van der Waals surface area contributed by atoms with E-state index < -0.39 is 0 Å². The summed E-state index contributed by atoms with van der Waals surface area (Å²) < 4.78 is 6.85. The van der Waals surface area contributed by atoms with Gasteiger partial charge in [-0.1, -0.05) is 0 Å². The van der Waals surface area contributed by atoms with E-state index in [1.54, 1.807) is 49.6 Å². The quantitative estimate of drug-likeness (QED) is 0.410. The van der Waals surface area contributed by atoms with Gasteiger partial charge in [-0.2, -0.15) is 0 Å². The number of amides is 2. The van der Waals surface area contributed by atoms with E-state index in [2.05, 4.69) is 10.3 Å². The lowest BCUT2D eigenvalue weighted by atomic mass is 10.1. The van der Waals surface area contributed by atoms with Crippen LogP contribution < -0.4 is 10.9 Å². The average molecular weight is 467 g/mol. The topological polar surface area (TPSA) is 96.4 Å². The first-order valence-corrected chi connectivity index (χ1v) is 11.4. The largest absolute Gasteiger partial charge is 0.385 e. The predicted molar refractivity (Wildman–Crippen MR) is 129 cm³/mol. The molecular weight excluding hydrogens is 440 g/mol. The van der Waals surface area contributed by atoms with Gasteiger partial charge >= 0.3 is 0 Å². The number of hydrogen-bond donors (Lipinski definition) is 2. The third-order valence-electron chi connectivity index (χ3n) is 5.76. The number of aromatic nitrogens is 2. The summed E-state index contributed by atoms with van der Waals surface area (Å²) in [6.07, 6.45) is 2.75. The first-order valence-electron chi connectivity index (χ1n) is 10.9. The van der Waals surface area contributed by atoms with E-state index in [4.69, 9.17) is 17.0 Å². The zero-order chi connectivity index (χ0) is 23.4. The number of anilines is 1. The number of carbonyl (C=O) groups excluding carboxylic acids is 2. The number of aromatic amines is 1. The number of fused-ring (bicyclic) bond motifs is 1. The van der Waals surface area contributed by atoms with Gasteiger partial charge in [0.1, 0.15) is 0 Å². The highest BCUT2D eigenvalue weighted by Gasteiger charge is 2.19. The van der Waals surface area contributed by atoms with Gasteiger partial charge in [0.25, 0.3) is 17.4 Å². The molecule has 2 heterocycles. The van der Waals surface area contributed by atoms with Crippen LogP contribution in [0.1, 0.15) is 40.0 Å². The maximum Gasteiger partial charge on any atom is 0.262 e. The number of H-pyrrole nitrogens is 1. The summed E-state index contributed by atoms with van der Waals surface area (Å²) in [6, 6.07) is 11.7. The van der Waals surface area contributed by atoms with Crippen molar-refractivity contribution in [2.24, 2.45) is 0 Å². The van der Waals surface area contributed by atoms with Crippen LogP contribution in [0.3, 0.4) is 0 Å². The molecule has 2 aromatic carbocycles. The Labute approximate surface area is 196 Å². The minimum atomic E-state index is -0.320. The molecule has 1 aliphatic rings. The molecule has 2 amide bonds. The molecule has 172 valence electrons. The van der Waals surface area contributed by atoms with E-state index in [-0.39, 0.29) is 17.4 Å². The van der Waals surface area contributed by atoms with Crippen molar-refractivity contribution in [1.82, 2.24) is 14.5 Å². The predicted octanol–water partition coefficient (Wildman–Crippen LogP) is 3.58. The van der Waals surface area contributed by atoms with E-state index in [0.29, 0.717) is 52.1 Å². The second kappa shape index (κ2) is 10.1. The van der Waals surface area contributed by atoms with Crippen LogP contribution in [0.2, 0.25) is 0 Å². The lowest BCUT2D eigenvalue weighted by Gasteiger charge is -2.15. The molecule has 1 saturated heterocycles. The third-order valence-corrected chi connectivity index (χ3v) is 6.08. The van der Waals surface area contributed by atoms with Crippen LogP contribution >= 0.6 is 12.2 Å². The Hall–Kier alpha value is -3.30. The number of hydrogen-bond acceptors (Lipinski definition) is 5. The standard InChI is InChI=1S/C24H26N4O4S/c1-32-14-4-13-28-23(31)19-10-7-17(15-20(19)26-24(28)33)21(29)25-18-8-5-16(6-9-18)22(30)27-11-2-3-12-27/h5-10,15H,2-4,11-14H2,1H3,(H,25,29)(H,26,33). The molecule has 2 N–H and O–H groups in total. The fraction of sp³-hybridized carbons (Fsp3) is 0.333. The first-order chi connectivity index (χ1) is 16.0. The number of methoxy groups -OCH3 is 1. The van der Waals surface area contributed by atoms with E-state index >= 15 is 0 Å². The number of nitrogens with one attached hydrogen (secondary N) is 2. The molecule has 1 aliphatic heterocycles. The summed E-state index contributed by atoms with van der Waals surface area (Å²) >= 11 is 5.34. The summed E-state index contributed by atoms with van der Waals surface area (Å²) in [4.78, 5) is 42.9. The Morgan fingerprint density at radius 2 is 1.79 bits per heavy atom. The van der Waals surface area contributed by atoms with Gasteiger partial charge < -0.3 is 19.9 Å². The van der Waals surface area contributed by atoms with Gasteiger partial charge in [-0.25, -0.2) is 0 Å². The summed E-state index contributed by atoms with van der Waals surface area (Å²) in [5, 5.41) is 3.29. The van der Waals surface area contributed by atoms with Gasteiger partial charge in [0.05, 0.1) is 10.9 Å². The van der Waals surface area contributed by atoms with Gasteiger partial charge in [-0.05, 0) is 73.9 Å². The van der Waals surface area contributed by atoms with Crippen molar-refractivity contribution in [2.45, 2.75) is 25.8 Å². The van der Waals surface area contributed by atoms with Crippen molar-refractivity contribution in [3.8, 4) is 0 Å². The van der Waals surface area contributed by atoms with Gasteiger partial charge in [-0.3, -0.25) is 19.0 Å². The smallest absolute Gasteiger partial charge is 0.262 e. The second-order valence-corrected chi connectivity index (χ2v) is 8.41. The Bertz CT molecular complexity index is 1290. The van der Waals surface area contributed by atoms with Crippen molar-refractivity contribution >= 4 is 40.6 Å². The Morgan fingerprint density at radius 3 is 2.48 bits per heavy atom. The Balaban J connectivity index is 1.50. The second-order valence-electron chi connectivity index (χ2n) is 8.02. The van der Waals surface area contributed by atoms with E-state index in [1.165, 1.54) is 4.57 Å². The maximum atomic E-state index is 12.8. The number of likely N-dealkylation sites (tertiary alicyclic amines) is 1. The summed E-state index contributed by atoms with van der Waals surface area (Å²) in [5.74, 6) is -0.304. The Morgan fingerprint density at radius 1 is 1.09 bits per heavy atom. The van der Waals surface area contributed by atoms with Crippen molar-refractivity contribution < 1.29 is 14.3 Å². The zero-order valence-electron chi connectivity index (χ0n) is 18.4. The van der Waals surface area contributed by atoms with Crippen molar-refractivity contribution in [3.05, 3.63) is 68.7 Å². The third kappa shape index (κ3) is 5.04.